The summed E-state index contributed by atoms with van der Waals surface area (Å²) in [5, 5.41) is 18.8. The maximum Gasteiger partial charge on any atom is 0.287 e. The minimum absolute atomic E-state index is 0.126. The summed E-state index contributed by atoms with van der Waals surface area (Å²) < 4.78 is 5.77. The summed E-state index contributed by atoms with van der Waals surface area (Å²) >= 11 is 0. The number of ketones is 1. The van der Waals surface area contributed by atoms with Crippen LogP contribution in [0.1, 0.15) is 36.8 Å². The lowest BCUT2D eigenvalue weighted by Crippen LogP contribution is -2.43. The molecule has 2 N–H and O–H groups in total. The van der Waals surface area contributed by atoms with Crippen molar-refractivity contribution in [2.24, 2.45) is 0 Å². The summed E-state index contributed by atoms with van der Waals surface area (Å²) in [4.78, 5) is 48.0. The van der Waals surface area contributed by atoms with Crippen LogP contribution in [-0.2, 0) is 22.6 Å². The molecular formula is C32H34N6O5. The lowest BCUT2D eigenvalue weighted by Gasteiger charge is -2.29. The summed E-state index contributed by atoms with van der Waals surface area (Å²) in [6, 6.07) is 21.6. The zero-order valence-electron chi connectivity index (χ0n) is 24.2. The molecule has 1 aliphatic carbocycles. The number of carbonyl (C=O) groups is 2. The van der Waals surface area contributed by atoms with Gasteiger partial charge in [0.05, 0.1) is 10.4 Å². The third-order valence-corrected chi connectivity index (χ3v) is 7.50. The highest BCUT2D eigenvalue weighted by Crippen LogP contribution is 2.28. The Morgan fingerprint density at radius 2 is 1.65 bits per heavy atom. The average Bonchev–Trinajstić information content (AvgIpc) is 3.01. The second-order valence-electron chi connectivity index (χ2n) is 10.9. The van der Waals surface area contributed by atoms with Gasteiger partial charge in [-0.3, -0.25) is 19.7 Å². The van der Waals surface area contributed by atoms with Crippen molar-refractivity contribution in [3.05, 3.63) is 94.0 Å². The zero-order chi connectivity index (χ0) is 30.3. The van der Waals surface area contributed by atoms with Gasteiger partial charge >= 0.3 is 0 Å². The van der Waals surface area contributed by atoms with E-state index in [0.717, 1.165) is 35.1 Å². The summed E-state index contributed by atoms with van der Waals surface area (Å²) in [5.41, 5.74) is 1.70. The summed E-state index contributed by atoms with van der Waals surface area (Å²) in [6.45, 7) is 0.272. The van der Waals surface area contributed by atoms with E-state index in [4.69, 9.17) is 9.72 Å². The Morgan fingerprint density at radius 1 is 0.953 bits per heavy atom. The molecule has 0 saturated heterocycles. The second-order valence-corrected chi connectivity index (χ2v) is 10.9. The quantitative estimate of drug-likeness (QED) is 0.145. The fraction of sp³-hybridized carbons (Fsp3) is 0.312. The predicted molar refractivity (Wildman–Crippen MR) is 164 cm³/mol. The van der Waals surface area contributed by atoms with Gasteiger partial charge < -0.3 is 20.3 Å². The number of benzene rings is 3. The normalized spacial score (nSPS) is 16.3. The van der Waals surface area contributed by atoms with Crippen LogP contribution in [0.5, 0.6) is 5.75 Å². The van der Waals surface area contributed by atoms with E-state index in [-0.39, 0.29) is 29.9 Å². The largest absolute Gasteiger partial charge is 0.489 e. The van der Waals surface area contributed by atoms with Gasteiger partial charge in [0.1, 0.15) is 18.2 Å². The van der Waals surface area contributed by atoms with Crippen molar-refractivity contribution in [2.75, 3.05) is 24.3 Å². The minimum Gasteiger partial charge on any atom is -0.489 e. The number of aromatic nitrogens is 2. The predicted octanol–water partition coefficient (Wildman–Crippen LogP) is 4.83. The summed E-state index contributed by atoms with van der Waals surface area (Å²) in [5.74, 6) is 0.304. The van der Waals surface area contributed by atoms with E-state index < -0.39 is 23.0 Å². The van der Waals surface area contributed by atoms with Crippen LogP contribution in [0.25, 0.3) is 10.9 Å². The van der Waals surface area contributed by atoms with Crippen LogP contribution in [-0.4, -0.2) is 52.8 Å². The van der Waals surface area contributed by atoms with Gasteiger partial charge in [-0.15, -0.1) is 0 Å². The van der Waals surface area contributed by atoms with E-state index >= 15 is 0 Å². The van der Waals surface area contributed by atoms with Crippen molar-refractivity contribution in [3.63, 3.8) is 0 Å². The molecule has 43 heavy (non-hydrogen) atoms. The molecule has 0 atom stereocenters. The smallest absolute Gasteiger partial charge is 0.287 e. The molecule has 0 bridgehead atoms. The number of carbonyl (C=O) groups excluding carboxylic acids is 2. The number of rotatable bonds is 11. The Kier molecular flexibility index (Phi) is 9.09. The van der Waals surface area contributed by atoms with Gasteiger partial charge in [0.15, 0.2) is 0 Å². The molecule has 1 aromatic heterocycles. The molecule has 3 aromatic carbocycles. The molecular weight excluding hydrogens is 548 g/mol. The monoisotopic (exact) mass is 582 g/mol. The highest BCUT2D eigenvalue weighted by Gasteiger charge is 2.27. The summed E-state index contributed by atoms with van der Waals surface area (Å²) in [6.07, 6.45) is 2.48. The number of nitro benzene ring substituents is 1. The van der Waals surface area contributed by atoms with Crippen LogP contribution in [0.15, 0.2) is 72.8 Å². The first kappa shape index (κ1) is 29.4. The topological polar surface area (TPSA) is 140 Å². The van der Waals surface area contributed by atoms with Crippen molar-refractivity contribution in [1.29, 1.82) is 0 Å². The van der Waals surface area contributed by atoms with Crippen molar-refractivity contribution in [1.82, 2.24) is 15.3 Å². The second kappa shape index (κ2) is 13.3. The van der Waals surface area contributed by atoms with Gasteiger partial charge in [0.2, 0.25) is 11.7 Å². The van der Waals surface area contributed by atoms with Gasteiger partial charge in [-0.1, -0.05) is 42.5 Å². The highest BCUT2D eigenvalue weighted by molar-refractivity contribution is 6.36. The molecule has 1 saturated carbocycles. The molecule has 11 heteroatoms. The number of nitrogens with one attached hydrogen (secondary N) is 2. The minimum atomic E-state index is -0.741. The first-order valence-electron chi connectivity index (χ1n) is 14.2. The Morgan fingerprint density at radius 3 is 2.37 bits per heavy atom. The zero-order valence-corrected chi connectivity index (χ0v) is 24.2. The van der Waals surface area contributed by atoms with Crippen molar-refractivity contribution < 1.29 is 19.2 Å². The first-order chi connectivity index (χ1) is 20.8. The number of nitrogens with zero attached hydrogens (tertiary/aromatic N) is 4. The Hall–Kier alpha value is -5.06. The van der Waals surface area contributed by atoms with Gasteiger partial charge in [-0.05, 0) is 55.5 Å². The van der Waals surface area contributed by atoms with Gasteiger partial charge in [-0.2, -0.15) is 4.98 Å². The molecule has 0 radical (unpaired) electrons. The van der Waals surface area contributed by atoms with E-state index in [1.54, 1.807) is 0 Å². The van der Waals surface area contributed by atoms with Gasteiger partial charge in [-0.25, -0.2) is 4.98 Å². The van der Waals surface area contributed by atoms with Gasteiger partial charge in [0.25, 0.3) is 11.6 Å². The molecule has 1 aliphatic rings. The Balaban J connectivity index is 1.15. The fourth-order valence-electron chi connectivity index (χ4n) is 5.26. The van der Waals surface area contributed by atoms with Crippen LogP contribution < -0.4 is 20.3 Å². The number of hydrogen-bond acceptors (Lipinski definition) is 9. The number of hydrogen-bond donors (Lipinski definition) is 2. The number of nitro groups is 1. The Labute approximate surface area is 249 Å². The number of amides is 1. The third kappa shape index (κ3) is 7.42. The van der Waals surface area contributed by atoms with E-state index in [0.29, 0.717) is 24.5 Å². The van der Waals surface area contributed by atoms with E-state index in [9.17, 15) is 19.7 Å². The van der Waals surface area contributed by atoms with Crippen LogP contribution in [0.3, 0.4) is 0 Å². The van der Waals surface area contributed by atoms with Crippen molar-refractivity contribution in [3.8, 4) is 5.75 Å². The maximum atomic E-state index is 12.8. The molecule has 1 fully saturated rings. The lowest BCUT2D eigenvalue weighted by atomic mass is 9.91. The van der Waals surface area contributed by atoms with Crippen LogP contribution >= 0.6 is 0 Å². The van der Waals surface area contributed by atoms with Gasteiger partial charge in [0, 0.05) is 49.6 Å². The Bertz CT molecular complexity index is 1620. The molecule has 4 aromatic rings. The summed E-state index contributed by atoms with van der Waals surface area (Å²) in [7, 11) is 3.89. The molecule has 5 rings (SSSR count). The van der Waals surface area contributed by atoms with Crippen molar-refractivity contribution >= 4 is 40.0 Å². The van der Waals surface area contributed by atoms with E-state index in [2.05, 4.69) is 15.6 Å². The SMILES string of the molecule is CN(C)c1nc(NC2CCC(NC(=O)C(=O)Cc3cc(OCc4ccccc4)ccc3[N+](=O)[O-])CC2)nc2ccccc12. The standard InChI is InChI=1S/C32H34N6O5/c1-37(2)30-26-10-6-7-11-27(26)35-32(36-30)34-24-14-12-23(13-15-24)33-31(40)29(39)19-22-18-25(16-17-28(22)38(41)42)43-20-21-8-4-3-5-9-21/h3-11,16-18,23-24H,12-15,19-20H2,1-2H3,(H,33,40)(H,34,35,36). The fourth-order valence-corrected chi connectivity index (χ4v) is 5.26. The molecule has 222 valence electrons. The maximum absolute atomic E-state index is 12.8. The lowest BCUT2D eigenvalue weighted by molar-refractivity contribution is -0.385. The van der Waals surface area contributed by atoms with E-state index in [1.165, 1.54) is 18.2 Å². The average molecular weight is 583 g/mol. The van der Waals surface area contributed by atoms with Crippen LogP contribution in [0.2, 0.25) is 0 Å². The number of para-hydroxylation sites is 1. The molecule has 0 unspecified atom stereocenters. The number of anilines is 2. The number of Topliss-reactive ketones (excluding diaryl/α,β-unsaturated/α-hetero) is 1. The number of ether oxygens (including phenoxy) is 1. The molecule has 0 spiro atoms. The third-order valence-electron chi connectivity index (χ3n) is 7.50. The van der Waals surface area contributed by atoms with Crippen molar-refractivity contribution in [2.45, 2.75) is 50.8 Å². The number of fused-ring (bicyclic) bond motifs is 1. The van der Waals surface area contributed by atoms with E-state index in [1.807, 2.05) is 73.6 Å². The van der Waals surface area contributed by atoms with Crippen LogP contribution in [0, 0.1) is 10.1 Å². The molecule has 1 heterocycles. The molecule has 1 amide bonds. The molecule has 11 nitrogen and oxygen atoms in total. The van der Waals surface area contributed by atoms with Crippen LogP contribution in [0.4, 0.5) is 17.5 Å². The highest BCUT2D eigenvalue weighted by atomic mass is 16.6. The first-order valence-corrected chi connectivity index (χ1v) is 14.2. The molecule has 0 aliphatic heterocycles.